The first kappa shape index (κ1) is 29.6. The molecule has 0 fully saturated rings. The molecule has 1 rings (SSSR count). The van der Waals surface area contributed by atoms with Crippen molar-refractivity contribution >= 4 is 5.97 Å². The Morgan fingerprint density at radius 1 is 0.818 bits per heavy atom. The van der Waals surface area contributed by atoms with E-state index >= 15 is 0 Å². The van der Waals surface area contributed by atoms with Gasteiger partial charge in [-0.25, -0.2) is 4.79 Å². The molecular weight excluding hydrogens is 410 g/mol. The quantitative estimate of drug-likeness (QED) is 0.142. The molecule has 0 radical (unpaired) electrons. The number of hydrogen-bond acceptors (Lipinski definition) is 2. The lowest BCUT2D eigenvalue weighted by Gasteiger charge is -2.32. The highest BCUT2D eigenvalue weighted by molar-refractivity contribution is 5.67. The minimum atomic E-state index is -0.752. The van der Waals surface area contributed by atoms with Crippen LogP contribution in [0.4, 0.5) is 0 Å². The van der Waals surface area contributed by atoms with Crippen molar-refractivity contribution in [3.63, 3.8) is 0 Å². The maximum atomic E-state index is 11.2. The van der Waals surface area contributed by atoms with Crippen molar-refractivity contribution in [1.29, 1.82) is 0 Å². The van der Waals surface area contributed by atoms with Crippen LogP contribution in [0.3, 0.4) is 0 Å². The summed E-state index contributed by atoms with van der Waals surface area (Å²) in [4.78, 5) is 11.2. The Labute approximate surface area is 204 Å². The summed E-state index contributed by atoms with van der Waals surface area (Å²) in [6.07, 6.45) is 20.1. The molecular formula is C29H52NO3+. The Balaban J connectivity index is 2.18. The van der Waals surface area contributed by atoms with Crippen molar-refractivity contribution in [2.24, 2.45) is 0 Å². The van der Waals surface area contributed by atoms with Gasteiger partial charge in [0.05, 0.1) is 20.7 Å². The number of ether oxygens (including phenoxy) is 1. The van der Waals surface area contributed by atoms with Crippen LogP contribution in [-0.4, -0.2) is 48.8 Å². The highest BCUT2D eigenvalue weighted by Gasteiger charge is 2.25. The molecule has 0 aliphatic carbocycles. The fraction of sp³-hybridized carbons (Fsp3) is 0.759. The van der Waals surface area contributed by atoms with Crippen LogP contribution in [-0.2, 0) is 16.1 Å². The number of nitrogens with zero attached hydrogens (tertiary/aromatic N) is 1. The van der Waals surface area contributed by atoms with Gasteiger partial charge in [0.2, 0.25) is 0 Å². The van der Waals surface area contributed by atoms with Gasteiger partial charge >= 0.3 is 5.97 Å². The standard InChI is InChI=1S/C29H51NO3/c1-4-5-6-7-8-9-10-11-12-13-14-15-16-20-23-28(24-30(2,3)25-29(31)32)33-26-27-21-18-17-19-22-27/h17-19,21-22,28H,4-16,20,23-26H2,1-3H3/p+1. The van der Waals surface area contributed by atoms with E-state index in [1.165, 1.54) is 89.0 Å². The zero-order chi connectivity index (χ0) is 24.2. The van der Waals surface area contributed by atoms with Gasteiger partial charge in [-0.3, -0.25) is 0 Å². The number of rotatable bonds is 22. The van der Waals surface area contributed by atoms with Crippen LogP contribution in [0.2, 0.25) is 0 Å². The zero-order valence-corrected chi connectivity index (χ0v) is 21.9. The Morgan fingerprint density at radius 2 is 1.30 bits per heavy atom. The topological polar surface area (TPSA) is 46.5 Å². The van der Waals surface area contributed by atoms with E-state index in [0.29, 0.717) is 11.1 Å². The van der Waals surface area contributed by atoms with E-state index < -0.39 is 5.97 Å². The molecule has 0 heterocycles. The monoisotopic (exact) mass is 462 g/mol. The average molecular weight is 463 g/mol. The summed E-state index contributed by atoms with van der Waals surface area (Å²) < 4.78 is 6.70. The number of carboxylic acids is 1. The summed E-state index contributed by atoms with van der Waals surface area (Å²) in [6, 6.07) is 10.3. The second-order valence-electron chi connectivity index (χ2n) is 10.5. The Hall–Kier alpha value is -1.39. The van der Waals surface area contributed by atoms with Crippen molar-refractivity contribution in [3.05, 3.63) is 35.9 Å². The lowest BCUT2D eigenvalue weighted by atomic mass is 10.0. The molecule has 1 aromatic carbocycles. The minimum absolute atomic E-state index is 0.0943. The Morgan fingerprint density at radius 3 is 1.79 bits per heavy atom. The smallest absolute Gasteiger partial charge is 0.359 e. The minimum Gasteiger partial charge on any atom is -0.477 e. The lowest BCUT2D eigenvalue weighted by molar-refractivity contribution is -0.886. The molecule has 0 aromatic heterocycles. The maximum Gasteiger partial charge on any atom is 0.359 e. The third-order valence-corrected chi connectivity index (χ3v) is 6.47. The van der Waals surface area contributed by atoms with Crippen molar-refractivity contribution in [2.75, 3.05) is 27.2 Å². The Kier molecular flexibility index (Phi) is 17.0. The predicted molar refractivity (Wildman–Crippen MR) is 139 cm³/mol. The van der Waals surface area contributed by atoms with Gasteiger partial charge in [-0.2, -0.15) is 0 Å². The van der Waals surface area contributed by atoms with E-state index in [1.54, 1.807) is 0 Å². The molecule has 0 aliphatic rings. The largest absolute Gasteiger partial charge is 0.477 e. The van der Waals surface area contributed by atoms with Gasteiger partial charge in [0, 0.05) is 0 Å². The summed E-state index contributed by atoms with van der Waals surface area (Å²) >= 11 is 0. The predicted octanol–water partition coefficient (Wildman–Crippen LogP) is 7.60. The molecule has 4 heteroatoms. The molecule has 0 bridgehead atoms. The number of quaternary nitrogens is 1. The fourth-order valence-electron chi connectivity index (χ4n) is 4.56. The number of carbonyl (C=O) groups is 1. The Bertz CT molecular complexity index is 588. The first-order valence-corrected chi connectivity index (χ1v) is 13.6. The van der Waals surface area contributed by atoms with E-state index in [4.69, 9.17) is 4.74 Å². The van der Waals surface area contributed by atoms with Crippen LogP contribution in [0.15, 0.2) is 30.3 Å². The maximum absolute atomic E-state index is 11.2. The zero-order valence-electron chi connectivity index (χ0n) is 21.9. The highest BCUT2D eigenvalue weighted by atomic mass is 16.5. The molecule has 33 heavy (non-hydrogen) atoms. The van der Waals surface area contributed by atoms with Crippen LogP contribution in [0.1, 0.15) is 109 Å². The van der Waals surface area contributed by atoms with Crippen molar-refractivity contribution in [1.82, 2.24) is 0 Å². The van der Waals surface area contributed by atoms with Crippen molar-refractivity contribution < 1.29 is 19.1 Å². The molecule has 4 nitrogen and oxygen atoms in total. The van der Waals surface area contributed by atoms with Gasteiger partial charge in [0.15, 0.2) is 6.54 Å². The molecule has 1 unspecified atom stereocenters. The number of benzene rings is 1. The van der Waals surface area contributed by atoms with Gasteiger partial charge in [0.1, 0.15) is 12.6 Å². The molecule has 1 N–H and O–H groups in total. The molecule has 1 atom stereocenters. The summed E-state index contributed by atoms with van der Waals surface area (Å²) in [5.74, 6) is -0.752. The van der Waals surface area contributed by atoms with Gasteiger partial charge in [-0.1, -0.05) is 127 Å². The van der Waals surface area contributed by atoms with Gasteiger partial charge in [0.25, 0.3) is 0 Å². The summed E-state index contributed by atoms with van der Waals surface area (Å²) in [5.41, 5.74) is 1.17. The first-order chi connectivity index (χ1) is 15.9. The molecule has 0 spiro atoms. The van der Waals surface area contributed by atoms with E-state index in [2.05, 4.69) is 19.1 Å². The van der Waals surface area contributed by atoms with E-state index in [-0.39, 0.29) is 12.6 Å². The third-order valence-electron chi connectivity index (χ3n) is 6.47. The second kappa shape index (κ2) is 19.0. The fourth-order valence-corrected chi connectivity index (χ4v) is 4.56. The summed E-state index contributed by atoms with van der Waals surface area (Å²) in [7, 11) is 3.97. The normalized spacial score (nSPS) is 12.7. The molecule has 190 valence electrons. The van der Waals surface area contributed by atoms with Crippen LogP contribution in [0.25, 0.3) is 0 Å². The van der Waals surface area contributed by atoms with Crippen molar-refractivity contribution in [3.8, 4) is 0 Å². The van der Waals surface area contributed by atoms with E-state index in [1.807, 2.05) is 32.3 Å². The highest BCUT2D eigenvalue weighted by Crippen LogP contribution is 2.16. The van der Waals surface area contributed by atoms with Gasteiger partial charge in [-0.15, -0.1) is 0 Å². The second-order valence-corrected chi connectivity index (χ2v) is 10.5. The molecule has 0 saturated carbocycles. The van der Waals surface area contributed by atoms with Gasteiger partial charge < -0.3 is 14.3 Å². The number of carboxylic acid groups (broad SMARTS) is 1. The van der Waals surface area contributed by atoms with Crippen LogP contribution in [0, 0.1) is 0 Å². The van der Waals surface area contributed by atoms with Crippen LogP contribution < -0.4 is 0 Å². The molecule has 0 aliphatic heterocycles. The van der Waals surface area contributed by atoms with Crippen LogP contribution in [0.5, 0.6) is 0 Å². The molecule has 0 saturated heterocycles. The summed E-state index contributed by atoms with van der Waals surface area (Å²) in [6.45, 7) is 3.74. The van der Waals surface area contributed by atoms with E-state index in [9.17, 15) is 9.90 Å². The number of aliphatic carboxylic acids is 1. The lowest BCUT2D eigenvalue weighted by Crippen LogP contribution is -2.49. The third kappa shape index (κ3) is 17.7. The molecule has 0 amide bonds. The SMILES string of the molecule is CCCCCCCCCCCCCCCCC(C[N+](C)(C)CC(=O)O)OCc1ccccc1. The van der Waals surface area contributed by atoms with Crippen LogP contribution >= 0.6 is 0 Å². The molecule has 1 aromatic rings. The number of hydrogen-bond donors (Lipinski definition) is 1. The first-order valence-electron chi connectivity index (χ1n) is 13.6. The summed E-state index contributed by atoms with van der Waals surface area (Å²) in [5, 5.41) is 9.22. The van der Waals surface area contributed by atoms with Gasteiger partial charge in [-0.05, 0) is 12.0 Å². The number of likely N-dealkylation sites (N-methyl/N-ethyl adjacent to an activating group) is 1. The average Bonchev–Trinajstić information content (AvgIpc) is 2.77. The van der Waals surface area contributed by atoms with E-state index in [0.717, 1.165) is 19.4 Å². The van der Waals surface area contributed by atoms with Crippen molar-refractivity contribution in [2.45, 2.75) is 116 Å². The number of unbranched alkanes of at least 4 members (excludes halogenated alkanes) is 13.